The maximum Gasteiger partial charge on any atom is 0.123 e. The molecule has 1 atom stereocenters. The zero-order chi connectivity index (χ0) is 15.5. The van der Waals surface area contributed by atoms with Crippen molar-refractivity contribution in [2.24, 2.45) is 5.73 Å². The van der Waals surface area contributed by atoms with Crippen molar-refractivity contribution in [2.75, 3.05) is 13.2 Å². The number of benzene rings is 2. The third-order valence-electron chi connectivity index (χ3n) is 4.24. The zero-order valence-corrected chi connectivity index (χ0v) is 12.6. The van der Waals surface area contributed by atoms with E-state index in [4.69, 9.17) is 5.73 Å². The molecule has 0 aromatic heterocycles. The van der Waals surface area contributed by atoms with Crippen LogP contribution in [0.4, 0.5) is 4.39 Å². The highest BCUT2D eigenvalue weighted by molar-refractivity contribution is 5.38. The van der Waals surface area contributed by atoms with E-state index < -0.39 is 5.41 Å². The highest BCUT2D eigenvalue weighted by Crippen LogP contribution is 2.31. The average Bonchev–Trinajstić information content (AvgIpc) is 2.48. The summed E-state index contributed by atoms with van der Waals surface area (Å²) < 4.78 is 13.3. The Morgan fingerprint density at radius 1 is 1.10 bits per heavy atom. The first-order chi connectivity index (χ1) is 10.0. The average molecular weight is 287 g/mol. The molecule has 0 aliphatic heterocycles. The SMILES string of the molecule is Cc1cc(F)ccc1CC(CN)(CO)c1ccccc1C. The summed E-state index contributed by atoms with van der Waals surface area (Å²) in [4.78, 5) is 0. The molecule has 0 aliphatic rings. The summed E-state index contributed by atoms with van der Waals surface area (Å²) in [6.07, 6.45) is 0.594. The lowest BCUT2D eigenvalue weighted by Gasteiger charge is -2.33. The quantitative estimate of drug-likeness (QED) is 0.888. The smallest absolute Gasteiger partial charge is 0.123 e. The van der Waals surface area contributed by atoms with E-state index in [1.807, 2.05) is 38.1 Å². The van der Waals surface area contributed by atoms with E-state index in [0.29, 0.717) is 13.0 Å². The molecule has 0 aliphatic carbocycles. The Hall–Kier alpha value is -1.71. The fourth-order valence-corrected chi connectivity index (χ4v) is 2.87. The number of aliphatic hydroxyl groups excluding tert-OH is 1. The fraction of sp³-hybridized carbons (Fsp3) is 0.333. The summed E-state index contributed by atoms with van der Waals surface area (Å²) in [5.74, 6) is -0.241. The van der Waals surface area contributed by atoms with Crippen LogP contribution in [0.25, 0.3) is 0 Å². The Balaban J connectivity index is 2.46. The van der Waals surface area contributed by atoms with Crippen LogP contribution in [0.3, 0.4) is 0 Å². The molecule has 3 N–H and O–H groups in total. The molecule has 0 saturated heterocycles. The van der Waals surface area contributed by atoms with Gasteiger partial charge < -0.3 is 10.8 Å². The van der Waals surface area contributed by atoms with Crippen molar-refractivity contribution in [3.05, 3.63) is 70.5 Å². The van der Waals surface area contributed by atoms with Crippen molar-refractivity contribution in [2.45, 2.75) is 25.7 Å². The Morgan fingerprint density at radius 2 is 1.81 bits per heavy atom. The predicted molar refractivity (Wildman–Crippen MR) is 83.8 cm³/mol. The molecule has 0 spiro atoms. The molecule has 2 aromatic carbocycles. The van der Waals surface area contributed by atoms with Gasteiger partial charge >= 0.3 is 0 Å². The van der Waals surface area contributed by atoms with Gasteiger partial charge in [-0.2, -0.15) is 0 Å². The van der Waals surface area contributed by atoms with E-state index in [0.717, 1.165) is 22.3 Å². The third-order valence-corrected chi connectivity index (χ3v) is 4.24. The molecule has 0 bridgehead atoms. The van der Waals surface area contributed by atoms with Gasteiger partial charge in [0.2, 0.25) is 0 Å². The first-order valence-corrected chi connectivity index (χ1v) is 7.14. The third kappa shape index (κ3) is 3.14. The molecule has 2 nitrogen and oxygen atoms in total. The molecule has 0 saturated carbocycles. The lowest BCUT2D eigenvalue weighted by molar-refractivity contribution is 0.195. The lowest BCUT2D eigenvalue weighted by Crippen LogP contribution is -2.41. The van der Waals surface area contributed by atoms with Crippen LogP contribution >= 0.6 is 0 Å². The van der Waals surface area contributed by atoms with E-state index >= 15 is 0 Å². The number of hydrogen-bond acceptors (Lipinski definition) is 2. The van der Waals surface area contributed by atoms with E-state index in [1.54, 1.807) is 6.07 Å². The highest BCUT2D eigenvalue weighted by Gasteiger charge is 2.32. The molecule has 1 unspecified atom stereocenters. The fourth-order valence-electron chi connectivity index (χ4n) is 2.87. The predicted octanol–water partition coefficient (Wildman–Crippen LogP) is 2.87. The summed E-state index contributed by atoms with van der Waals surface area (Å²) in [6.45, 7) is 4.21. The molecule has 0 amide bonds. The molecule has 2 rings (SSSR count). The van der Waals surface area contributed by atoms with E-state index in [2.05, 4.69) is 0 Å². The lowest BCUT2D eigenvalue weighted by atomic mass is 9.74. The van der Waals surface area contributed by atoms with Gasteiger partial charge in [0.15, 0.2) is 0 Å². The van der Waals surface area contributed by atoms with Crippen molar-refractivity contribution in [3.8, 4) is 0 Å². The maximum atomic E-state index is 13.3. The second kappa shape index (κ2) is 6.37. The van der Waals surface area contributed by atoms with Gasteiger partial charge in [0, 0.05) is 12.0 Å². The van der Waals surface area contributed by atoms with Crippen molar-refractivity contribution in [1.29, 1.82) is 0 Å². The second-order valence-electron chi connectivity index (χ2n) is 5.71. The number of nitrogens with two attached hydrogens (primary N) is 1. The summed E-state index contributed by atoms with van der Waals surface area (Å²) in [5.41, 5.74) is 9.54. The minimum absolute atomic E-state index is 0.0365. The molecule has 21 heavy (non-hydrogen) atoms. The molecule has 112 valence electrons. The van der Waals surface area contributed by atoms with Crippen LogP contribution in [0.5, 0.6) is 0 Å². The molecular weight excluding hydrogens is 265 g/mol. The van der Waals surface area contributed by atoms with Crippen molar-refractivity contribution in [1.82, 2.24) is 0 Å². The van der Waals surface area contributed by atoms with Gasteiger partial charge in [-0.15, -0.1) is 0 Å². The molecule has 2 aromatic rings. The summed E-state index contributed by atoms with van der Waals surface area (Å²) in [5, 5.41) is 10.0. The maximum absolute atomic E-state index is 13.3. The number of rotatable bonds is 5. The first-order valence-electron chi connectivity index (χ1n) is 7.14. The van der Waals surface area contributed by atoms with Crippen LogP contribution < -0.4 is 5.73 Å². The number of aryl methyl sites for hydroxylation is 2. The monoisotopic (exact) mass is 287 g/mol. The van der Waals surface area contributed by atoms with Crippen molar-refractivity contribution >= 4 is 0 Å². The van der Waals surface area contributed by atoms with E-state index in [9.17, 15) is 9.50 Å². The van der Waals surface area contributed by atoms with Gasteiger partial charge in [-0.3, -0.25) is 0 Å². The summed E-state index contributed by atoms with van der Waals surface area (Å²) >= 11 is 0. The number of aliphatic hydroxyl groups is 1. The second-order valence-corrected chi connectivity index (χ2v) is 5.71. The molecule has 3 heteroatoms. The highest BCUT2D eigenvalue weighted by atomic mass is 19.1. The van der Waals surface area contributed by atoms with Crippen LogP contribution in [-0.2, 0) is 11.8 Å². The summed E-state index contributed by atoms with van der Waals surface area (Å²) in [6, 6.07) is 12.7. The molecule has 0 heterocycles. The first kappa shape index (κ1) is 15.7. The number of hydrogen-bond donors (Lipinski definition) is 2. The van der Waals surface area contributed by atoms with Gasteiger partial charge in [-0.05, 0) is 54.7 Å². The van der Waals surface area contributed by atoms with E-state index in [1.165, 1.54) is 12.1 Å². The topological polar surface area (TPSA) is 46.2 Å². The normalized spacial score (nSPS) is 14.0. The number of halogens is 1. The van der Waals surface area contributed by atoms with Gasteiger partial charge in [0.1, 0.15) is 5.82 Å². The molecule has 0 fully saturated rings. The van der Waals surface area contributed by atoms with Crippen molar-refractivity contribution < 1.29 is 9.50 Å². The Labute approximate surface area is 125 Å². The van der Waals surface area contributed by atoms with Crippen LogP contribution in [0, 0.1) is 19.7 Å². The largest absolute Gasteiger partial charge is 0.395 e. The van der Waals surface area contributed by atoms with Crippen LogP contribution in [0.1, 0.15) is 22.3 Å². The van der Waals surface area contributed by atoms with Gasteiger partial charge in [0.25, 0.3) is 0 Å². The standard InChI is InChI=1S/C18H22FNO/c1-13-5-3-4-6-17(13)18(11-20,12-21)10-15-7-8-16(19)9-14(15)2/h3-9,21H,10-12,20H2,1-2H3. The van der Waals surface area contributed by atoms with Crippen LogP contribution in [0.15, 0.2) is 42.5 Å². The molecule has 0 radical (unpaired) electrons. The Bertz CT molecular complexity index is 620. The van der Waals surface area contributed by atoms with Gasteiger partial charge in [0.05, 0.1) is 6.61 Å². The Morgan fingerprint density at radius 3 is 2.38 bits per heavy atom. The van der Waals surface area contributed by atoms with Gasteiger partial charge in [-0.25, -0.2) is 4.39 Å². The Kier molecular flexibility index (Phi) is 4.76. The van der Waals surface area contributed by atoms with E-state index in [-0.39, 0.29) is 12.4 Å². The van der Waals surface area contributed by atoms with Crippen molar-refractivity contribution in [3.63, 3.8) is 0 Å². The van der Waals surface area contributed by atoms with Gasteiger partial charge in [-0.1, -0.05) is 30.3 Å². The molecular formula is C18H22FNO. The van der Waals surface area contributed by atoms with Crippen LogP contribution in [-0.4, -0.2) is 18.3 Å². The van der Waals surface area contributed by atoms with Crippen LogP contribution in [0.2, 0.25) is 0 Å². The minimum atomic E-state index is -0.534. The minimum Gasteiger partial charge on any atom is -0.395 e. The summed E-state index contributed by atoms with van der Waals surface area (Å²) in [7, 11) is 0. The zero-order valence-electron chi connectivity index (χ0n) is 12.6.